The first-order valence-electron chi connectivity index (χ1n) is 6.23. The molecule has 19 heavy (non-hydrogen) atoms. The summed E-state index contributed by atoms with van der Waals surface area (Å²) >= 11 is 0. The van der Waals surface area contributed by atoms with Crippen LogP contribution < -0.4 is 16.0 Å². The van der Waals surface area contributed by atoms with Crippen molar-refractivity contribution in [2.24, 2.45) is 12.9 Å². The molecular formula is C14H20N4O. The molecule has 2 rings (SSSR count). The van der Waals surface area contributed by atoms with Gasteiger partial charge < -0.3 is 4.74 Å². The molecule has 0 radical (unpaired) electrons. The molecule has 0 aliphatic carbocycles. The first-order valence-corrected chi connectivity index (χ1v) is 6.23. The lowest BCUT2D eigenvalue weighted by Gasteiger charge is -2.18. The number of methoxy groups -OCH3 is 1. The van der Waals surface area contributed by atoms with Crippen molar-refractivity contribution < 1.29 is 4.74 Å². The second-order valence-corrected chi connectivity index (χ2v) is 4.65. The second-order valence-electron chi connectivity index (χ2n) is 4.65. The van der Waals surface area contributed by atoms with Gasteiger partial charge in [-0.05, 0) is 19.1 Å². The van der Waals surface area contributed by atoms with Gasteiger partial charge in [0.25, 0.3) is 0 Å². The molecule has 5 nitrogen and oxygen atoms in total. The Balaban J connectivity index is 2.28. The van der Waals surface area contributed by atoms with Gasteiger partial charge >= 0.3 is 0 Å². The van der Waals surface area contributed by atoms with E-state index in [1.54, 1.807) is 11.8 Å². The first-order chi connectivity index (χ1) is 9.13. The average molecular weight is 260 g/mol. The van der Waals surface area contributed by atoms with Crippen LogP contribution in [0.1, 0.15) is 22.9 Å². The zero-order valence-electron chi connectivity index (χ0n) is 11.6. The number of rotatable bonds is 5. The van der Waals surface area contributed by atoms with Gasteiger partial charge in [-0.25, -0.2) is 0 Å². The largest absolute Gasteiger partial charge is 0.496 e. The quantitative estimate of drug-likeness (QED) is 0.631. The van der Waals surface area contributed by atoms with Crippen LogP contribution in [0.25, 0.3) is 0 Å². The Labute approximate surface area is 113 Å². The Kier molecular flexibility index (Phi) is 4.19. The van der Waals surface area contributed by atoms with E-state index in [1.165, 1.54) is 5.56 Å². The molecule has 0 fully saturated rings. The van der Waals surface area contributed by atoms with Gasteiger partial charge in [0.15, 0.2) is 0 Å². The maximum absolute atomic E-state index is 5.69. The SMILES string of the molecule is COc1ccc(C)cc1C(Cc1ccn(C)n1)NN. The molecule has 102 valence electrons. The van der Waals surface area contributed by atoms with Crippen LogP contribution in [0.5, 0.6) is 5.75 Å². The molecule has 0 bridgehead atoms. The summed E-state index contributed by atoms with van der Waals surface area (Å²) < 4.78 is 7.19. The van der Waals surface area contributed by atoms with E-state index >= 15 is 0 Å². The highest BCUT2D eigenvalue weighted by molar-refractivity contribution is 5.39. The smallest absolute Gasteiger partial charge is 0.123 e. The maximum Gasteiger partial charge on any atom is 0.123 e. The highest BCUT2D eigenvalue weighted by Gasteiger charge is 2.16. The number of hydrogen-bond donors (Lipinski definition) is 2. The predicted molar refractivity (Wildman–Crippen MR) is 74.7 cm³/mol. The van der Waals surface area contributed by atoms with Gasteiger partial charge in [0.05, 0.1) is 18.8 Å². The van der Waals surface area contributed by atoms with Crippen molar-refractivity contribution in [3.8, 4) is 5.75 Å². The molecule has 0 spiro atoms. The number of benzene rings is 1. The summed E-state index contributed by atoms with van der Waals surface area (Å²) in [6, 6.07) is 8.05. The summed E-state index contributed by atoms with van der Waals surface area (Å²) in [7, 11) is 3.57. The normalized spacial score (nSPS) is 12.4. The molecule has 1 unspecified atom stereocenters. The van der Waals surface area contributed by atoms with E-state index in [1.807, 2.05) is 31.4 Å². The average Bonchev–Trinajstić information content (AvgIpc) is 2.81. The zero-order valence-corrected chi connectivity index (χ0v) is 11.6. The van der Waals surface area contributed by atoms with Crippen LogP contribution in [0.2, 0.25) is 0 Å². The Morgan fingerprint density at radius 1 is 1.42 bits per heavy atom. The molecule has 1 heterocycles. The molecule has 0 aliphatic rings. The summed E-state index contributed by atoms with van der Waals surface area (Å²) in [4.78, 5) is 0. The number of aromatic nitrogens is 2. The lowest BCUT2D eigenvalue weighted by atomic mass is 9.99. The fourth-order valence-corrected chi connectivity index (χ4v) is 2.17. The zero-order chi connectivity index (χ0) is 13.8. The third-order valence-electron chi connectivity index (χ3n) is 3.14. The topological polar surface area (TPSA) is 65.1 Å². The Morgan fingerprint density at radius 2 is 2.21 bits per heavy atom. The Hall–Kier alpha value is -1.85. The van der Waals surface area contributed by atoms with Crippen molar-refractivity contribution in [2.45, 2.75) is 19.4 Å². The number of ether oxygens (including phenoxy) is 1. The summed E-state index contributed by atoms with van der Waals surface area (Å²) in [6.45, 7) is 2.05. The molecule has 0 saturated heterocycles. The van der Waals surface area contributed by atoms with Crippen LogP contribution in [-0.2, 0) is 13.5 Å². The van der Waals surface area contributed by atoms with Crippen molar-refractivity contribution in [1.29, 1.82) is 0 Å². The van der Waals surface area contributed by atoms with E-state index in [-0.39, 0.29) is 6.04 Å². The summed E-state index contributed by atoms with van der Waals surface area (Å²) in [5.41, 5.74) is 6.07. The van der Waals surface area contributed by atoms with E-state index < -0.39 is 0 Å². The van der Waals surface area contributed by atoms with E-state index in [0.717, 1.165) is 23.4 Å². The molecule has 1 aromatic carbocycles. The Bertz CT molecular complexity index is 550. The minimum atomic E-state index is -0.0234. The molecule has 5 heteroatoms. The van der Waals surface area contributed by atoms with Crippen LogP contribution in [-0.4, -0.2) is 16.9 Å². The second kappa shape index (κ2) is 5.86. The van der Waals surface area contributed by atoms with E-state index in [4.69, 9.17) is 10.6 Å². The maximum atomic E-state index is 5.69. The fraction of sp³-hybridized carbons (Fsp3) is 0.357. The first kappa shape index (κ1) is 13.6. The van der Waals surface area contributed by atoms with Gasteiger partial charge in [0, 0.05) is 25.2 Å². The molecular weight excluding hydrogens is 240 g/mol. The highest BCUT2D eigenvalue weighted by atomic mass is 16.5. The van der Waals surface area contributed by atoms with Crippen molar-refractivity contribution >= 4 is 0 Å². The van der Waals surface area contributed by atoms with Gasteiger partial charge in [-0.15, -0.1) is 0 Å². The van der Waals surface area contributed by atoms with Crippen LogP contribution >= 0.6 is 0 Å². The summed E-state index contributed by atoms with van der Waals surface area (Å²) in [6.07, 6.45) is 2.65. The van der Waals surface area contributed by atoms with Crippen molar-refractivity contribution in [1.82, 2.24) is 15.2 Å². The molecule has 3 N–H and O–H groups in total. The standard InChI is InChI=1S/C14H20N4O/c1-10-4-5-14(19-3)12(8-10)13(16-15)9-11-6-7-18(2)17-11/h4-8,13,16H,9,15H2,1-3H3. The van der Waals surface area contributed by atoms with Crippen molar-refractivity contribution in [2.75, 3.05) is 7.11 Å². The number of aryl methyl sites for hydroxylation is 2. The third kappa shape index (κ3) is 3.13. The van der Waals surface area contributed by atoms with Gasteiger partial charge in [-0.3, -0.25) is 16.0 Å². The van der Waals surface area contributed by atoms with E-state index in [9.17, 15) is 0 Å². The lowest BCUT2D eigenvalue weighted by molar-refractivity contribution is 0.398. The molecule has 0 aliphatic heterocycles. The van der Waals surface area contributed by atoms with Crippen LogP contribution in [0.4, 0.5) is 0 Å². The van der Waals surface area contributed by atoms with Crippen molar-refractivity contribution in [3.05, 3.63) is 47.3 Å². The van der Waals surface area contributed by atoms with Crippen LogP contribution in [0.15, 0.2) is 30.5 Å². The molecule has 2 aromatic rings. The van der Waals surface area contributed by atoms with Crippen LogP contribution in [0, 0.1) is 6.92 Å². The summed E-state index contributed by atoms with van der Waals surface area (Å²) in [5, 5.41) is 4.38. The van der Waals surface area contributed by atoms with Gasteiger partial charge in [0.1, 0.15) is 5.75 Å². The van der Waals surface area contributed by atoms with Crippen LogP contribution in [0.3, 0.4) is 0 Å². The highest BCUT2D eigenvalue weighted by Crippen LogP contribution is 2.27. The van der Waals surface area contributed by atoms with Gasteiger partial charge in [-0.2, -0.15) is 5.10 Å². The fourth-order valence-electron chi connectivity index (χ4n) is 2.17. The monoisotopic (exact) mass is 260 g/mol. The lowest BCUT2D eigenvalue weighted by Crippen LogP contribution is -2.30. The molecule has 0 amide bonds. The summed E-state index contributed by atoms with van der Waals surface area (Å²) in [5.74, 6) is 6.53. The van der Waals surface area contributed by atoms with Crippen molar-refractivity contribution in [3.63, 3.8) is 0 Å². The third-order valence-corrected chi connectivity index (χ3v) is 3.14. The number of hydrazine groups is 1. The molecule has 0 saturated carbocycles. The number of nitrogens with zero attached hydrogens (tertiary/aromatic N) is 2. The number of nitrogens with two attached hydrogens (primary N) is 1. The minimum Gasteiger partial charge on any atom is -0.496 e. The van der Waals surface area contributed by atoms with Gasteiger partial charge in [-0.1, -0.05) is 17.7 Å². The molecule has 1 aromatic heterocycles. The van der Waals surface area contributed by atoms with Gasteiger partial charge in [0.2, 0.25) is 0 Å². The minimum absolute atomic E-state index is 0.0234. The number of hydrogen-bond acceptors (Lipinski definition) is 4. The van der Waals surface area contributed by atoms with E-state index in [0.29, 0.717) is 0 Å². The number of nitrogens with one attached hydrogen (secondary N) is 1. The van der Waals surface area contributed by atoms with E-state index in [2.05, 4.69) is 23.5 Å². The molecule has 1 atom stereocenters. The Morgan fingerprint density at radius 3 is 2.79 bits per heavy atom. The predicted octanol–water partition coefficient (Wildman–Crippen LogP) is 1.48.